The first-order valence-corrected chi connectivity index (χ1v) is 10.7. The summed E-state index contributed by atoms with van der Waals surface area (Å²) in [5, 5.41) is 5.83. The lowest BCUT2D eigenvalue weighted by Gasteiger charge is -2.17. The fraction of sp³-hybridized carbons (Fsp3) is 0.231. The van der Waals surface area contributed by atoms with Gasteiger partial charge in [-0.05, 0) is 56.7 Å². The second-order valence-corrected chi connectivity index (χ2v) is 7.13. The van der Waals surface area contributed by atoms with E-state index in [4.69, 9.17) is 9.47 Å². The molecule has 3 aromatic carbocycles. The first kappa shape index (κ1) is 22.9. The lowest BCUT2D eigenvalue weighted by molar-refractivity contribution is 0.0940. The van der Waals surface area contributed by atoms with Crippen LogP contribution in [-0.2, 0) is 0 Å². The van der Waals surface area contributed by atoms with Crippen LogP contribution in [-0.4, -0.2) is 25.0 Å². The van der Waals surface area contributed by atoms with Crippen LogP contribution >= 0.6 is 0 Å². The van der Waals surface area contributed by atoms with Gasteiger partial charge >= 0.3 is 0 Å². The molecule has 2 N–H and O–H groups in total. The highest BCUT2D eigenvalue weighted by molar-refractivity contribution is 6.09. The maximum absolute atomic E-state index is 12.9. The van der Waals surface area contributed by atoms with Crippen LogP contribution in [0.15, 0.2) is 72.8 Å². The molecule has 0 aliphatic rings. The first-order chi connectivity index (χ1) is 15.5. The highest BCUT2D eigenvalue weighted by Crippen LogP contribution is 2.29. The average molecular weight is 433 g/mol. The van der Waals surface area contributed by atoms with Gasteiger partial charge in [0.1, 0.15) is 0 Å². The molecule has 0 aliphatic heterocycles. The molecule has 0 spiro atoms. The van der Waals surface area contributed by atoms with Crippen molar-refractivity contribution in [1.82, 2.24) is 5.32 Å². The van der Waals surface area contributed by atoms with Gasteiger partial charge in [0.05, 0.1) is 30.5 Å². The molecule has 0 saturated heterocycles. The van der Waals surface area contributed by atoms with E-state index in [1.54, 1.807) is 42.5 Å². The average Bonchev–Trinajstić information content (AvgIpc) is 2.81. The summed E-state index contributed by atoms with van der Waals surface area (Å²) < 4.78 is 11.2. The van der Waals surface area contributed by atoms with Crippen LogP contribution in [0.4, 0.5) is 5.69 Å². The van der Waals surface area contributed by atoms with Crippen molar-refractivity contribution in [3.05, 3.63) is 89.5 Å². The fourth-order valence-corrected chi connectivity index (χ4v) is 3.28. The van der Waals surface area contributed by atoms with Crippen molar-refractivity contribution < 1.29 is 19.1 Å². The molecule has 6 heteroatoms. The zero-order valence-corrected chi connectivity index (χ0v) is 18.6. The van der Waals surface area contributed by atoms with Gasteiger partial charge in [-0.2, -0.15) is 0 Å². The molecule has 3 rings (SSSR count). The predicted octanol–water partition coefficient (Wildman–Crippen LogP) is 5.23. The fourth-order valence-electron chi connectivity index (χ4n) is 3.28. The number of para-hydroxylation sites is 1. The van der Waals surface area contributed by atoms with Crippen molar-refractivity contribution in [1.29, 1.82) is 0 Å². The Balaban J connectivity index is 1.78. The number of carbonyl (C=O) groups is 2. The normalized spacial score (nSPS) is 11.3. The van der Waals surface area contributed by atoms with E-state index < -0.39 is 0 Å². The number of carbonyl (C=O) groups excluding carboxylic acids is 2. The molecule has 32 heavy (non-hydrogen) atoms. The van der Waals surface area contributed by atoms with E-state index in [1.807, 2.05) is 51.1 Å². The van der Waals surface area contributed by atoms with Crippen LogP contribution in [0.2, 0.25) is 0 Å². The van der Waals surface area contributed by atoms with Gasteiger partial charge in [-0.15, -0.1) is 0 Å². The Morgan fingerprint density at radius 3 is 2.19 bits per heavy atom. The standard InChI is InChI=1S/C26H28N2O4/c1-4-31-23-16-15-20(17-24(23)32-5-2)25(29)28-22-14-10-9-13-21(22)26(30)27-18(3)19-11-7-6-8-12-19/h6-18H,4-5H2,1-3H3,(H,27,30)(H,28,29). The van der Waals surface area contributed by atoms with E-state index in [1.165, 1.54) is 0 Å². The van der Waals surface area contributed by atoms with Crippen LogP contribution in [0.25, 0.3) is 0 Å². The largest absolute Gasteiger partial charge is 0.490 e. The third kappa shape index (κ3) is 5.66. The first-order valence-electron chi connectivity index (χ1n) is 10.7. The smallest absolute Gasteiger partial charge is 0.255 e. The van der Waals surface area contributed by atoms with Gasteiger partial charge in [0.2, 0.25) is 0 Å². The second-order valence-electron chi connectivity index (χ2n) is 7.13. The van der Waals surface area contributed by atoms with E-state index in [0.717, 1.165) is 5.56 Å². The van der Waals surface area contributed by atoms with Crippen molar-refractivity contribution in [2.75, 3.05) is 18.5 Å². The molecule has 0 aliphatic carbocycles. The summed E-state index contributed by atoms with van der Waals surface area (Å²) in [5.74, 6) is 0.481. The van der Waals surface area contributed by atoms with Gasteiger partial charge in [0, 0.05) is 5.56 Å². The summed E-state index contributed by atoms with van der Waals surface area (Å²) >= 11 is 0. The molecule has 0 fully saturated rings. The molecule has 2 amide bonds. The van der Waals surface area contributed by atoms with Gasteiger partial charge in [0.15, 0.2) is 11.5 Å². The molecule has 166 valence electrons. The molecule has 1 atom stereocenters. The Morgan fingerprint density at radius 2 is 1.47 bits per heavy atom. The minimum Gasteiger partial charge on any atom is -0.490 e. The van der Waals surface area contributed by atoms with Crippen molar-refractivity contribution >= 4 is 17.5 Å². The predicted molar refractivity (Wildman–Crippen MR) is 125 cm³/mol. The zero-order valence-electron chi connectivity index (χ0n) is 18.6. The van der Waals surface area contributed by atoms with Crippen molar-refractivity contribution in [3.63, 3.8) is 0 Å². The number of hydrogen-bond donors (Lipinski definition) is 2. The van der Waals surface area contributed by atoms with E-state index in [0.29, 0.717) is 41.5 Å². The van der Waals surface area contributed by atoms with E-state index in [2.05, 4.69) is 10.6 Å². The number of hydrogen-bond acceptors (Lipinski definition) is 4. The minimum atomic E-state index is -0.342. The molecule has 0 bridgehead atoms. The maximum atomic E-state index is 12.9. The van der Waals surface area contributed by atoms with Crippen LogP contribution in [0.1, 0.15) is 53.1 Å². The summed E-state index contributed by atoms with van der Waals surface area (Å²) in [5.41, 5.74) is 2.23. The van der Waals surface area contributed by atoms with E-state index >= 15 is 0 Å². The molecule has 0 saturated carbocycles. The molecular weight excluding hydrogens is 404 g/mol. The highest BCUT2D eigenvalue weighted by atomic mass is 16.5. The molecule has 0 heterocycles. The topological polar surface area (TPSA) is 76.7 Å². The van der Waals surface area contributed by atoms with Gasteiger partial charge in [-0.1, -0.05) is 42.5 Å². The van der Waals surface area contributed by atoms with Gasteiger partial charge in [-0.3, -0.25) is 9.59 Å². The minimum absolute atomic E-state index is 0.174. The Kier molecular flexibility index (Phi) is 7.86. The van der Waals surface area contributed by atoms with Crippen LogP contribution in [0, 0.1) is 0 Å². The number of rotatable bonds is 9. The quantitative estimate of drug-likeness (QED) is 0.486. The number of ether oxygens (including phenoxy) is 2. The molecule has 0 aromatic heterocycles. The summed E-state index contributed by atoms with van der Waals surface area (Å²) in [4.78, 5) is 25.8. The lowest BCUT2D eigenvalue weighted by Crippen LogP contribution is -2.28. The highest BCUT2D eigenvalue weighted by Gasteiger charge is 2.17. The number of amides is 2. The Hall–Kier alpha value is -3.80. The van der Waals surface area contributed by atoms with Gasteiger partial charge in [-0.25, -0.2) is 0 Å². The van der Waals surface area contributed by atoms with Crippen LogP contribution in [0.5, 0.6) is 11.5 Å². The van der Waals surface area contributed by atoms with Gasteiger partial charge < -0.3 is 20.1 Å². The van der Waals surface area contributed by atoms with Crippen molar-refractivity contribution in [2.24, 2.45) is 0 Å². The third-order valence-corrected chi connectivity index (χ3v) is 4.87. The lowest BCUT2D eigenvalue weighted by atomic mass is 10.1. The van der Waals surface area contributed by atoms with Crippen molar-refractivity contribution in [2.45, 2.75) is 26.8 Å². The van der Waals surface area contributed by atoms with Crippen LogP contribution < -0.4 is 20.1 Å². The summed E-state index contributed by atoms with van der Waals surface area (Å²) in [6.07, 6.45) is 0. The van der Waals surface area contributed by atoms with E-state index in [-0.39, 0.29) is 17.9 Å². The van der Waals surface area contributed by atoms with Gasteiger partial charge in [0.25, 0.3) is 11.8 Å². The third-order valence-electron chi connectivity index (χ3n) is 4.87. The summed E-state index contributed by atoms with van der Waals surface area (Å²) in [6, 6.07) is 21.5. The molecule has 3 aromatic rings. The monoisotopic (exact) mass is 432 g/mol. The molecule has 6 nitrogen and oxygen atoms in total. The summed E-state index contributed by atoms with van der Waals surface area (Å²) in [6.45, 7) is 6.62. The number of nitrogens with one attached hydrogen (secondary N) is 2. The Bertz CT molecular complexity index is 1070. The SMILES string of the molecule is CCOc1ccc(C(=O)Nc2ccccc2C(=O)NC(C)c2ccccc2)cc1OCC. The van der Waals surface area contributed by atoms with Crippen molar-refractivity contribution in [3.8, 4) is 11.5 Å². The van der Waals surface area contributed by atoms with E-state index in [9.17, 15) is 9.59 Å². The molecule has 0 radical (unpaired) electrons. The Morgan fingerprint density at radius 1 is 0.812 bits per heavy atom. The van der Waals surface area contributed by atoms with Crippen LogP contribution in [0.3, 0.4) is 0 Å². The maximum Gasteiger partial charge on any atom is 0.255 e. The number of anilines is 1. The number of benzene rings is 3. The molecule has 1 unspecified atom stereocenters. The summed E-state index contributed by atoms with van der Waals surface area (Å²) in [7, 11) is 0. The molecular formula is C26H28N2O4. The zero-order chi connectivity index (χ0) is 22.9. The second kappa shape index (κ2) is 11.0. The Labute approximate surface area is 188 Å².